The van der Waals surface area contributed by atoms with E-state index in [9.17, 15) is 0 Å². The summed E-state index contributed by atoms with van der Waals surface area (Å²) in [4.78, 5) is 6.92. The van der Waals surface area contributed by atoms with Crippen LogP contribution in [-0.4, -0.2) is 9.88 Å². The van der Waals surface area contributed by atoms with Gasteiger partial charge in [0.15, 0.2) is 9.88 Å². The Morgan fingerprint density at radius 3 is 1.00 bits per heavy atom. The maximum Gasteiger partial charge on any atom is 4.00 e. The fourth-order valence-corrected chi connectivity index (χ4v) is 0. The first kappa shape index (κ1) is 33.3. The molecule has 0 saturated carbocycles. The van der Waals surface area contributed by atoms with Crippen molar-refractivity contribution < 1.29 is 21.1 Å². The molecule has 0 unspecified atom stereocenters. The van der Waals surface area contributed by atoms with Gasteiger partial charge in [0, 0.05) is 0 Å². The van der Waals surface area contributed by atoms with Crippen molar-refractivity contribution in [2.24, 2.45) is 0 Å². The van der Waals surface area contributed by atoms with Crippen molar-refractivity contribution in [1.82, 2.24) is 0 Å². The third-order valence-electron chi connectivity index (χ3n) is 0. The molecule has 0 spiro atoms. The number of hydrogen-bond acceptors (Lipinski definition) is 1. The van der Waals surface area contributed by atoms with Gasteiger partial charge in [-0.2, -0.15) is 0 Å². The van der Waals surface area contributed by atoms with E-state index in [2.05, 4.69) is 0 Å². The minimum Gasteiger partial charge on any atom is -2.00 e. The number of rotatable bonds is 0. The van der Waals surface area contributed by atoms with Crippen molar-refractivity contribution in [2.75, 3.05) is 0 Å². The van der Waals surface area contributed by atoms with E-state index in [4.69, 9.17) is 4.89 Å². The molecule has 0 aromatic heterocycles. The predicted molar refractivity (Wildman–Crippen MR) is 23.6 cm³/mol. The number of nitrogens with zero attached hydrogens (tertiary/aromatic N) is 1. The summed E-state index contributed by atoms with van der Waals surface area (Å²) >= 11 is 0. The van der Waals surface area contributed by atoms with E-state index in [1.807, 2.05) is 0 Å². The Bertz CT molecular complexity index is 14.4. The van der Waals surface area contributed by atoms with Crippen molar-refractivity contribution in [3.63, 3.8) is 0 Å². The molecular formula is HMoNS2Si. The Balaban J connectivity index is -0.00000000167. The molecule has 1 nitrogen and oxygen atoms in total. The molecule has 0 rings (SSSR count). The van der Waals surface area contributed by atoms with Gasteiger partial charge in [-0.15, -0.1) is 0 Å². The summed E-state index contributed by atoms with van der Waals surface area (Å²) in [6, 6.07) is 0. The standard InChI is InChI=1S/Mo.HNSi.2S/c;1-2;;/h;2H;;/q+4;;2*-2. The molecule has 0 atom stereocenters. The van der Waals surface area contributed by atoms with Gasteiger partial charge < -0.3 is 27.0 Å². The minimum absolute atomic E-state index is 0. The largest absolute Gasteiger partial charge is 4.00 e. The zero-order chi connectivity index (χ0) is 2.00. The zero-order valence-electron chi connectivity index (χ0n) is 2.25. The van der Waals surface area contributed by atoms with Crippen molar-refractivity contribution >= 4 is 36.9 Å². The minimum atomic E-state index is 0. The molecule has 0 bridgehead atoms. The van der Waals surface area contributed by atoms with Crippen molar-refractivity contribution in [1.29, 1.82) is 4.89 Å². The van der Waals surface area contributed by atoms with Gasteiger partial charge in [-0.05, 0) is 0 Å². The molecule has 0 amide bonds. The van der Waals surface area contributed by atoms with Crippen LogP contribution >= 0.6 is 0 Å². The average molecular weight is 203 g/mol. The summed E-state index contributed by atoms with van der Waals surface area (Å²) < 4.78 is 0. The molecule has 0 fully saturated rings. The smallest absolute Gasteiger partial charge is 2.00 e. The second kappa shape index (κ2) is 57.2. The zero-order valence-corrected chi connectivity index (χ0v) is 7.04. The van der Waals surface area contributed by atoms with E-state index in [-0.39, 0.29) is 48.1 Å². The van der Waals surface area contributed by atoms with Gasteiger partial charge in [-0.25, -0.2) is 0 Å². The first-order valence-corrected chi connectivity index (χ1v) is 0.775. The van der Waals surface area contributed by atoms with Crippen LogP contribution in [0.15, 0.2) is 0 Å². The van der Waals surface area contributed by atoms with E-state index in [0.29, 0.717) is 0 Å². The molecule has 0 radical (unpaired) electrons. The summed E-state index contributed by atoms with van der Waals surface area (Å²) in [5.74, 6) is 0. The molecule has 28 valence electrons. The SMILES string of the molecule is N#[SiH].[Mo+4].[S-2].[S-2]. The Hall–Kier alpha value is 1.32. The Morgan fingerprint density at radius 1 is 1.00 bits per heavy atom. The molecule has 0 aliphatic heterocycles. The molecule has 0 aromatic carbocycles. The second-order valence-corrected chi connectivity index (χ2v) is 0. The van der Waals surface area contributed by atoms with Crippen LogP contribution in [0.2, 0.25) is 0 Å². The van der Waals surface area contributed by atoms with Crippen LogP contribution < -0.4 is 0 Å². The first-order chi connectivity index (χ1) is 1.00. The summed E-state index contributed by atoms with van der Waals surface area (Å²) in [6.07, 6.45) is 0. The van der Waals surface area contributed by atoms with Crippen LogP contribution in [-0.2, 0) is 48.1 Å². The Kier molecular flexibility index (Phi) is 381. The predicted octanol–water partition coefficient (Wildman–Crippen LogP) is -0.641. The summed E-state index contributed by atoms with van der Waals surface area (Å²) in [6.45, 7) is 0. The summed E-state index contributed by atoms with van der Waals surface area (Å²) in [5, 5.41) is 0. The van der Waals surface area contributed by atoms with Crippen molar-refractivity contribution in [3.8, 4) is 0 Å². The maximum absolute atomic E-state index is 6.92. The van der Waals surface area contributed by atoms with E-state index >= 15 is 0 Å². The van der Waals surface area contributed by atoms with Gasteiger partial charge in [-0.1, -0.05) is 0 Å². The van der Waals surface area contributed by atoms with Crippen molar-refractivity contribution in [3.05, 3.63) is 0 Å². The maximum atomic E-state index is 6.92. The molecule has 5 heteroatoms. The fraction of sp³-hybridized carbons (Fsp3) is 0. The monoisotopic (exact) mass is 205 g/mol. The quantitative estimate of drug-likeness (QED) is 0.480. The van der Waals surface area contributed by atoms with Gasteiger partial charge >= 0.3 is 21.1 Å². The molecule has 0 aromatic rings. The van der Waals surface area contributed by atoms with Crippen LogP contribution in [0.1, 0.15) is 0 Å². The van der Waals surface area contributed by atoms with Crippen LogP contribution in [0.25, 0.3) is 0 Å². The molecule has 0 saturated heterocycles. The summed E-state index contributed by atoms with van der Waals surface area (Å²) in [5.41, 5.74) is 0. The third-order valence-corrected chi connectivity index (χ3v) is 0. The van der Waals surface area contributed by atoms with Crippen LogP contribution in [0.5, 0.6) is 0 Å². The Morgan fingerprint density at radius 2 is 1.00 bits per heavy atom. The van der Waals surface area contributed by atoms with E-state index in [1.165, 1.54) is 9.88 Å². The van der Waals surface area contributed by atoms with Crippen LogP contribution in [0.3, 0.4) is 0 Å². The second-order valence-electron chi connectivity index (χ2n) is 0. The fourth-order valence-electron chi connectivity index (χ4n) is 0. The van der Waals surface area contributed by atoms with E-state index < -0.39 is 0 Å². The third kappa shape index (κ3) is 33.8. The van der Waals surface area contributed by atoms with Gasteiger partial charge in [-0.3, -0.25) is 4.89 Å². The summed E-state index contributed by atoms with van der Waals surface area (Å²) in [7, 11) is 1.42. The van der Waals surface area contributed by atoms with Gasteiger partial charge in [0.2, 0.25) is 0 Å². The van der Waals surface area contributed by atoms with Gasteiger partial charge in [0.1, 0.15) is 0 Å². The normalized spacial score (nSPS) is 0.400. The molecule has 0 aliphatic carbocycles. The molecule has 0 aliphatic rings. The average Bonchev–Trinajstić information content (AvgIpc) is 1.00. The number of hydrogen-bond donors (Lipinski definition) is 0. The van der Waals surface area contributed by atoms with E-state index in [1.54, 1.807) is 0 Å². The van der Waals surface area contributed by atoms with Gasteiger partial charge in [0.25, 0.3) is 0 Å². The van der Waals surface area contributed by atoms with Crippen molar-refractivity contribution in [2.45, 2.75) is 0 Å². The topological polar surface area (TPSA) is 23.8 Å². The molecule has 5 heavy (non-hydrogen) atoms. The molecule has 0 N–H and O–H groups in total. The first-order valence-electron chi connectivity index (χ1n) is 0.258. The van der Waals surface area contributed by atoms with E-state index in [0.717, 1.165) is 0 Å². The van der Waals surface area contributed by atoms with Crippen LogP contribution in [0.4, 0.5) is 0 Å². The van der Waals surface area contributed by atoms with Crippen LogP contribution in [0, 0.1) is 4.89 Å². The van der Waals surface area contributed by atoms with Gasteiger partial charge in [0.05, 0.1) is 0 Å². The Labute approximate surface area is 62.7 Å². The molecular weight excluding hydrogens is 202 g/mol. The molecule has 0 heterocycles.